The third kappa shape index (κ3) is 3.23. The van der Waals surface area contributed by atoms with Crippen LogP contribution in [-0.2, 0) is 0 Å². The fourth-order valence-electron chi connectivity index (χ4n) is 9.31. The number of benzene rings is 7. The topological polar surface area (TPSA) is 55.4 Å². The fraction of sp³-hybridized carbons (Fsp3) is 0. The van der Waals surface area contributed by atoms with Gasteiger partial charge in [0.15, 0.2) is 0 Å². The van der Waals surface area contributed by atoms with Crippen molar-refractivity contribution in [3.8, 4) is 69.0 Å². The van der Waals surface area contributed by atoms with Crippen molar-refractivity contribution in [2.24, 2.45) is 0 Å². The van der Waals surface area contributed by atoms with Gasteiger partial charge in [0.25, 0.3) is 20.1 Å². The van der Waals surface area contributed by atoms with Gasteiger partial charge in [-0.25, -0.2) is 0 Å². The van der Waals surface area contributed by atoms with Crippen molar-refractivity contribution in [1.82, 2.24) is 0 Å². The monoisotopic (exact) mass is 654 g/mol. The maximum absolute atomic E-state index is 7.19. The molecular weight excluding hydrogens is 633 g/mol. The second-order valence-corrected chi connectivity index (χ2v) is 13.8. The highest BCUT2D eigenvalue weighted by molar-refractivity contribution is 7.05. The summed E-state index contributed by atoms with van der Waals surface area (Å²) in [6.45, 7) is -0.679. The SMILES string of the molecule is c1ccc2c(c1)Oc1cccc3c1B2c1c2c(c4c(c1O3)B1c3ccccc3Oc3cccc(c31)O4)B1c3ccccc3Oc3cccc(c31)O2. The minimum atomic E-state index is -0.226. The van der Waals surface area contributed by atoms with E-state index in [2.05, 4.69) is 36.4 Å². The molecule has 7 aromatic carbocycles. The van der Waals surface area contributed by atoms with E-state index in [9.17, 15) is 0 Å². The number of hydrogen-bond donors (Lipinski definition) is 0. The zero-order chi connectivity index (χ0) is 32.9. The quantitative estimate of drug-likeness (QED) is 0.232. The van der Waals surface area contributed by atoms with Crippen LogP contribution in [0.5, 0.6) is 69.0 Å². The van der Waals surface area contributed by atoms with Gasteiger partial charge in [0, 0.05) is 32.8 Å². The maximum atomic E-state index is 7.19. The molecule has 0 fully saturated rings. The van der Waals surface area contributed by atoms with Crippen molar-refractivity contribution in [2.45, 2.75) is 0 Å². The average molecular weight is 654 g/mol. The molecular formula is C42H21B3O6. The lowest BCUT2D eigenvalue weighted by molar-refractivity contribution is 0.441. The minimum Gasteiger partial charge on any atom is -0.459 e. The van der Waals surface area contributed by atoms with Crippen LogP contribution in [0, 0.1) is 0 Å². The Bertz CT molecular complexity index is 2440. The van der Waals surface area contributed by atoms with Gasteiger partial charge in [-0.1, -0.05) is 72.8 Å². The van der Waals surface area contributed by atoms with Crippen LogP contribution in [0.25, 0.3) is 0 Å². The van der Waals surface area contributed by atoms with E-state index in [4.69, 9.17) is 28.4 Å². The summed E-state index contributed by atoms with van der Waals surface area (Å²) < 4.78 is 41.2. The lowest BCUT2D eigenvalue weighted by Crippen LogP contribution is -2.67. The molecule has 13 rings (SSSR count). The molecule has 6 heterocycles. The standard InChI is InChI=1S/C42H21B3O6/c1-4-13-25-22(10-1)43-34-28(46-25)16-7-19-31(34)49-40-37(43)41-39(44-23-11-2-5-14-26(23)47-29-17-8-20-32(50-41)35(29)44)42-38(40)45-24-12-3-6-15-27(24)48-30-18-9-21-33(51-42)36(30)45/h1-21H. The van der Waals surface area contributed by atoms with Crippen LogP contribution in [0.1, 0.15) is 0 Å². The molecule has 234 valence electrons. The molecule has 0 aromatic heterocycles. The van der Waals surface area contributed by atoms with Crippen LogP contribution in [0.3, 0.4) is 0 Å². The molecule has 0 unspecified atom stereocenters. The molecule has 0 saturated carbocycles. The molecule has 0 radical (unpaired) electrons. The second-order valence-electron chi connectivity index (χ2n) is 13.8. The van der Waals surface area contributed by atoms with Crippen LogP contribution < -0.4 is 77.6 Å². The van der Waals surface area contributed by atoms with E-state index >= 15 is 0 Å². The predicted molar refractivity (Wildman–Crippen MR) is 200 cm³/mol. The molecule has 0 aliphatic carbocycles. The van der Waals surface area contributed by atoms with Gasteiger partial charge in [0.1, 0.15) is 69.0 Å². The van der Waals surface area contributed by atoms with Crippen molar-refractivity contribution in [1.29, 1.82) is 0 Å². The van der Waals surface area contributed by atoms with Crippen LogP contribution >= 0.6 is 0 Å². The first-order valence-electron chi connectivity index (χ1n) is 17.3. The average Bonchev–Trinajstić information content (AvgIpc) is 3.17. The largest absolute Gasteiger partial charge is 0.459 e. The van der Waals surface area contributed by atoms with E-state index in [0.717, 1.165) is 118 Å². The van der Waals surface area contributed by atoms with E-state index in [1.807, 2.05) is 91.0 Å². The highest BCUT2D eigenvalue weighted by Gasteiger charge is 2.53. The van der Waals surface area contributed by atoms with Crippen LogP contribution in [-0.4, -0.2) is 20.1 Å². The first-order valence-corrected chi connectivity index (χ1v) is 17.3. The summed E-state index contributed by atoms with van der Waals surface area (Å²) in [6, 6.07) is 43.1. The highest BCUT2D eigenvalue weighted by atomic mass is 16.5. The Morgan fingerprint density at radius 2 is 0.490 bits per heavy atom. The van der Waals surface area contributed by atoms with Crippen molar-refractivity contribution in [3.05, 3.63) is 127 Å². The molecule has 6 nitrogen and oxygen atoms in total. The Balaban J connectivity index is 1.22. The lowest BCUT2D eigenvalue weighted by Gasteiger charge is -2.42. The highest BCUT2D eigenvalue weighted by Crippen LogP contribution is 2.44. The van der Waals surface area contributed by atoms with E-state index in [1.165, 1.54) is 0 Å². The van der Waals surface area contributed by atoms with Gasteiger partial charge >= 0.3 is 0 Å². The molecule has 0 N–H and O–H groups in total. The molecule has 6 aliphatic rings. The molecule has 9 heteroatoms. The molecule has 0 spiro atoms. The molecule has 0 amide bonds. The van der Waals surface area contributed by atoms with E-state index in [-0.39, 0.29) is 20.1 Å². The molecule has 0 bridgehead atoms. The van der Waals surface area contributed by atoms with Gasteiger partial charge < -0.3 is 28.4 Å². The van der Waals surface area contributed by atoms with E-state index in [0.29, 0.717) is 0 Å². The van der Waals surface area contributed by atoms with Gasteiger partial charge in [0.05, 0.1) is 0 Å². The number of ether oxygens (including phenoxy) is 6. The lowest BCUT2D eigenvalue weighted by atomic mass is 9.27. The summed E-state index contributed by atoms with van der Waals surface area (Å²) >= 11 is 0. The summed E-state index contributed by atoms with van der Waals surface area (Å²) in [7, 11) is 0. The van der Waals surface area contributed by atoms with Crippen LogP contribution in [0.15, 0.2) is 127 Å². The molecule has 7 aromatic rings. The van der Waals surface area contributed by atoms with Crippen molar-refractivity contribution >= 4 is 69.3 Å². The third-order valence-electron chi connectivity index (χ3n) is 11.3. The van der Waals surface area contributed by atoms with Crippen LogP contribution in [0.4, 0.5) is 0 Å². The molecule has 0 atom stereocenters. The fourth-order valence-corrected chi connectivity index (χ4v) is 9.31. The Kier molecular flexibility index (Phi) is 4.76. The van der Waals surface area contributed by atoms with Crippen molar-refractivity contribution in [3.63, 3.8) is 0 Å². The molecule has 51 heavy (non-hydrogen) atoms. The van der Waals surface area contributed by atoms with Gasteiger partial charge in [0.2, 0.25) is 0 Å². The number of para-hydroxylation sites is 3. The summed E-state index contributed by atoms with van der Waals surface area (Å²) in [6.07, 6.45) is 0. The Morgan fingerprint density at radius 3 is 0.804 bits per heavy atom. The summed E-state index contributed by atoms with van der Waals surface area (Å²) in [4.78, 5) is 0. The first kappa shape index (κ1) is 26.4. The predicted octanol–water partition coefficient (Wildman–Crippen LogP) is 3.87. The molecule has 0 saturated heterocycles. The van der Waals surface area contributed by atoms with E-state index < -0.39 is 0 Å². The van der Waals surface area contributed by atoms with Crippen molar-refractivity contribution < 1.29 is 28.4 Å². The van der Waals surface area contributed by atoms with Gasteiger partial charge in [-0.2, -0.15) is 0 Å². The Hall–Kier alpha value is -6.47. The summed E-state index contributed by atoms with van der Waals surface area (Å²) in [5, 5.41) is 0. The normalized spacial score (nSPS) is 14.7. The van der Waals surface area contributed by atoms with Gasteiger partial charge in [-0.15, -0.1) is 0 Å². The van der Waals surface area contributed by atoms with Crippen LogP contribution in [0.2, 0.25) is 0 Å². The zero-order valence-corrected chi connectivity index (χ0v) is 26.8. The van der Waals surface area contributed by atoms with Crippen molar-refractivity contribution in [2.75, 3.05) is 0 Å². The number of fused-ring (bicyclic) bond motifs is 15. The number of hydrogen-bond acceptors (Lipinski definition) is 6. The zero-order valence-electron chi connectivity index (χ0n) is 26.8. The number of rotatable bonds is 0. The van der Waals surface area contributed by atoms with Gasteiger partial charge in [-0.05, 0) is 71.0 Å². The Morgan fingerprint density at radius 1 is 0.235 bits per heavy atom. The second kappa shape index (κ2) is 9.20. The first-order chi connectivity index (χ1) is 25.3. The Labute approximate surface area is 293 Å². The van der Waals surface area contributed by atoms with Gasteiger partial charge in [-0.3, -0.25) is 0 Å². The summed E-state index contributed by atoms with van der Waals surface area (Å²) in [5.74, 6) is 9.33. The minimum absolute atomic E-state index is 0.226. The molecule has 6 aliphatic heterocycles. The smallest absolute Gasteiger partial charge is 0.265 e. The third-order valence-corrected chi connectivity index (χ3v) is 11.3. The summed E-state index contributed by atoms with van der Waals surface area (Å²) in [5.41, 5.74) is 9.05. The van der Waals surface area contributed by atoms with E-state index in [1.54, 1.807) is 0 Å². The maximum Gasteiger partial charge on any atom is 0.265 e.